The van der Waals surface area contributed by atoms with Gasteiger partial charge in [-0.15, -0.1) is 0 Å². The monoisotopic (exact) mass is 206 g/mol. The maximum absolute atomic E-state index is 5.15. The number of methoxy groups -OCH3 is 1. The molecular weight excluding hydrogens is 188 g/mol. The van der Waals surface area contributed by atoms with Crippen molar-refractivity contribution < 1.29 is 4.74 Å². The number of aromatic nitrogens is 1. The van der Waals surface area contributed by atoms with E-state index in [1.807, 2.05) is 12.1 Å². The Balaban J connectivity index is 2.08. The maximum atomic E-state index is 5.15. The highest BCUT2D eigenvalue weighted by atomic mass is 16.5. The fourth-order valence-electron chi connectivity index (χ4n) is 2.08. The first-order valence-corrected chi connectivity index (χ1v) is 5.49. The van der Waals surface area contributed by atoms with Gasteiger partial charge in [-0.2, -0.15) is 0 Å². The van der Waals surface area contributed by atoms with E-state index in [1.165, 1.54) is 31.6 Å². The van der Waals surface area contributed by atoms with Gasteiger partial charge in [-0.05, 0) is 39.0 Å². The second kappa shape index (κ2) is 4.62. The Morgan fingerprint density at radius 1 is 1.33 bits per heavy atom. The molecule has 3 nitrogen and oxygen atoms in total. The van der Waals surface area contributed by atoms with Crippen molar-refractivity contribution in [2.75, 3.05) is 27.2 Å². The Labute approximate surface area is 91.1 Å². The van der Waals surface area contributed by atoms with Gasteiger partial charge in [0.25, 0.3) is 0 Å². The maximum Gasteiger partial charge on any atom is 0.213 e. The van der Waals surface area contributed by atoms with Gasteiger partial charge in [-0.3, -0.25) is 0 Å². The standard InChI is InChI=1S/C12H18N2O/c1-14-8-6-10(7-9-14)11-4-3-5-12(13-11)15-2/h3-5,10H,6-9H2,1-2H3. The average Bonchev–Trinajstić information content (AvgIpc) is 2.30. The van der Waals surface area contributed by atoms with Crippen LogP contribution in [0.3, 0.4) is 0 Å². The van der Waals surface area contributed by atoms with Gasteiger partial charge in [0, 0.05) is 17.7 Å². The van der Waals surface area contributed by atoms with Crippen LogP contribution in [0.2, 0.25) is 0 Å². The van der Waals surface area contributed by atoms with E-state index in [9.17, 15) is 0 Å². The highest BCUT2D eigenvalue weighted by molar-refractivity contribution is 5.19. The third kappa shape index (κ3) is 2.48. The van der Waals surface area contributed by atoms with Crippen LogP contribution in [0.5, 0.6) is 5.88 Å². The molecule has 1 saturated heterocycles. The number of piperidine rings is 1. The largest absolute Gasteiger partial charge is 0.481 e. The molecule has 15 heavy (non-hydrogen) atoms. The molecule has 82 valence electrons. The normalized spacial score (nSPS) is 19.1. The SMILES string of the molecule is COc1cccc(C2CCN(C)CC2)n1. The minimum Gasteiger partial charge on any atom is -0.481 e. The molecule has 0 atom stereocenters. The molecule has 2 rings (SSSR count). The van der Waals surface area contributed by atoms with E-state index in [1.54, 1.807) is 7.11 Å². The van der Waals surface area contributed by atoms with Gasteiger partial charge in [0.1, 0.15) is 0 Å². The van der Waals surface area contributed by atoms with E-state index in [-0.39, 0.29) is 0 Å². The smallest absolute Gasteiger partial charge is 0.213 e. The summed E-state index contributed by atoms with van der Waals surface area (Å²) in [4.78, 5) is 6.87. The van der Waals surface area contributed by atoms with Gasteiger partial charge < -0.3 is 9.64 Å². The first-order chi connectivity index (χ1) is 7.29. The molecule has 1 aromatic heterocycles. The Kier molecular flexibility index (Phi) is 3.21. The second-order valence-corrected chi connectivity index (χ2v) is 4.18. The number of pyridine rings is 1. The summed E-state index contributed by atoms with van der Waals surface area (Å²) in [6.07, 6.45) is 2.41. The van der Waals surface area contributed by atoms with Crippen LogP contribution in [0.4, 0.5) is 0 Å². The molecule has 0 saturated carbocycles. The summed E-state index contributed by atoms with van der Waals surface area (Å²) in [5.41, 5.74) is 1.18. The van der Waals surface area contributed by atoms with Gasteiger partial charge in [0.05, 0.1) is 7.11 Å². The quantitative estimate of drug-likeness (QED) is 0.739. The summed E-state index contributed by atoms with van der Waals surface area (Å²) in [5, 5.41) is 0. The first-order valence-electron chi connectivity index (χ1n) is 5.49. The minimum atomic E-state index is 0.608. The zero-order valence-corrected chi connectivity index (χ0v) is 9.44. The van der Waals surface area contributed by atoms with Crippen molar-refractivity contribution in [1.29, 1.82) is 0 Å². The summed E-state index contributed by atoms with van der Waals surface area (Å²) in [5.74, 6) is 1.34. The highest BCUT2D eigenvalue weighted by Gasteiger charge is 2.19. The van der Waals surface area contributed by atoms with Gasteiger partial charge in [0.15, 0.2) is 0 Å². The van der Waals surface area contributed by atoms with E-state index < -0.39 is 0 Å². The van der Waals surface area contributed by atoms with Crippen LogP contribution in [0.1, 0.15) is 24.5 Å². The number of ether oxygens (including phenoxy) is 1. The Morgan fingerprint density at radius 2 is 2.07 bits per heavy atom. The van der Waals surface area contributed by atoms with E-state index >= 15 is 0 Å². The minimum absolute atomic E-state index is 0.608. The zero-order valence-electron chi connectivity index (χ0n) is 9.44. The number of nitrogens with zero attached hydrogens (tertiary/aromatic N) is 2. The molecule has 0 unspecified atom stereocenters. The van der Waals surface area contributed by atoms with Crippen LogP contribution >= 0.6 is 0 Å². The fourth-order valence-corrected chi connectivity index (χ4v) is 2.08. The number of rotatable bonds is 2. The van der Waals surface area contributed by atoms with Crippen LogP contribution in [-0.4, -0.2) is 37.1 Å². The summed E-state index contributed by atoms with van der Waals surface area (Å²) in [6, 6.07) is 6.04. The highest BCUT2D eigenvalue weighted by Crippen LogP contribution is 2.26. The van der Waals surface area contributed by atoms with Gasteiger partial charge in [0.2, 0.25) is 5.88 Å². The van der Waals surface area contributed by atoms with Crippen molar-refractivity contribution in [3.8, 4) is 5.88 Å². The Hall–Kier alpha value is -1.09. The molecule has 2 heterocycles. The molecule has 1 aliphatic heterocycles. The first kappa shape index (κ1) is 10.4. The number of likely N-dealkylation sites (tertiary alicyclic amines) is 1. The lowest BCUT2D eigenvalue weighted by Gasteiger charge is -2.28. The molecular formula is C12H18N2O. The predicted molar refractivity (Wildman–Crippen MR) is 60.3 cm³/mol. The van der Waals surface area contributed by atoms with Crippen molar-refractivity contribution in [2.24, 2.45) is 0 Å². The van der Waals surface area contributed by atoms with Crippen molar-refractivity contribution in [3.63, 3.8) is 0 Å². The molecule has 1 aliphatic rings. The summed E-state index contributed by atoms with van der Waals surface area (Å²) in [6.45, 7) is 2.34. The molecule has 0 aliphatic carbocycles. The van der Waals surface area contributed by atoms with E-state index in [2.05, 4.69) is 23.0 Å². The van der Waals surface area contributed by atoms with E-state index in [0.717, 1.165) is 5.88 Å². The van der Waals surface area contributed by atoms with E-state index in [4.69, 9.17) is 4.74 Å². The van der Waals surface area contributed by atoms with Crippen LogP contribution < -0.4 is 4.74 Å². The molecule has 0 bridgehead atoms. The van der Waals surface area contributed by atoms with E-state index in [0.29, 0.717) is 5.92 Å². The summed E-state index contributed by atoms with van der Waals surface area (Å²) in [7, 11) is 3.84. The molecule has 0 N–H and O–H groups in total. The van der Waals surface area contributed by atoms with Crippen LogP contribution in [-0.2, 0) is 0 Å². The average molecular weight is 206 g/mol. The third-order valence-electron chi connectivity index (χ3n) is 3.09. The summed E-state index contributed by atoms with van der Waals surface area (Å²) >= 11 is 0. The van der Waals surface area contributed by atoms with Gasteiger partial charge in [-0.25, -0.2) is 4.98 Å². The number of hydrogen-bond acceptors (Lipinski definition) is 3. The van der Waals surface area contributed by atoms with Crippen LogP contribution in [0, 0.1) is 0 Å². The van der Waals surface area contributed by atoms with Crippen LogP contribution in [0.25, 0.3) is 0 Å². The summed E-state index contributed by atoms with van der Waals surface area (Å²) < 4.78 is 5.15. The molecule has 0 radical (unpaired) electrons. The lowest BCUT2D eigenvalue weighted by Crippen LogP contribution is -2.29. The molecule has 3 heteroatoms. The Bertz CT molecular complexity index is 319. The molecule has 0 aromatic carbocycles. The van der Waals surface area contributed by atoms with Crippen molar-refractivity contribution in [2.45, 2.75) is 18.8 Å². The van der Waals surface area contributed by atoms with Crippen LogP contribution in [0.15, 0.2) is 18.2 Å². The Morgan fingerprint density at radius 3 is 2.73 bits per heavy atom. The van der Waals surface area contributed by atoms with Gasteiger partial charge in [-0.1, -0.05) is 6.07 Å². The lowest BCUT2D eigenvalue weighted by atomic mass is 9.93. The third-order valence-corrected chi connectivity index (χ3v) is 3.09. The lowest BCUT2D eigenvalue weighted by molar-refractivity contribution is 0.252. The molecule has 1 aromatic rings. The predicted octanol–water partition coefficient (Wildman–Crippen LogP) is 1.90. The topological polar surface area (TPSA) is 25.4 Å². The molecule has 0 amide bonds. The fraction of sp³-hybridized carbons (Fsp3) is 0.583. The van der Waals surface area contributed by atoms with Crippen molar-refractivity contribution in [1.82, 2.24) is 9.88 Å². The number of hydrogen-bond donors (Lipinski definition) is 0. The zero-order chi connectivity index (χ0) is 10.7. The molecule has 0 spiro atoms. The van der Waals surface area contributed by atoms with Crippen molar-refractivity contribution >= 4 is 0 Å². The van der Waals surface area contributed by atoms with Gasteiger partial charge >= 0.3 is 0 Å². The van der Waals surface area contributed by atoms with Crippen molar-refractivity contribution in [3.05, 3.63) is 23.9 Å². The second-order valence-electron chi connectivity index (χ2n) is 4.18. The molecule has 1 fully saturated rings.